The van der Waals surface area contributed by atoms with Gasteiger partial charge in [0.15, 0.2) is 0 Å². The molecule has 2 N–H and O–H groups in total. The third-order valence-corrected chi connectivity index (χ3v) is 7.61. The van der Waals surface area contributed by atoms with Crippen molar-refractivity contribution in [3.05, 3.63) is 23.3 Å². The fourth-order valence-corrected chi connectivity index (χ4v) is 6.23. The topological polar surface area (TPSA) is 40.5 Å². The van der Waals surface area contributed by atoms with Gasteiger partial charge in [0, 0.05) is 6.42 Å². The Balaban J connectivity index is 1.70. The largest absolute Gasteiger partial charge is 0.393 e. The van der Waals surface area contributed by atoms with E-state index in [1.807, 2.05) is 0 Å². The Bertz CT molecular complexity index is 669. The molecular formula is C26H40O2. The number of hydrogen-bond acceptors (Lipinski definition) is 2. The molecule has 0 radical (unpaired) electrons. The fourth-order valence-electron chi connectivity index (χ4n) is 6.23. The first-order valence-electron chi connectivity index (χ1n) is 11.5. The van der Waals surface area contributed by atoms with E-state index in [1.165, 1.54) is 37.7 Å². The van der Waals surface area contributed by atoms with Gasteiger partial charge in [-0.2, -0.15) is 0 Å². The molecule has 156 valence electrons. The van der Waals surface area contributed by atoms with Crippen molar-refractivity contribution in [1.82, 2.24) is 0 Å². The van der Waals surface area contributed by atoms with E-state index in [0.29, 0.717) is 17.3 Å². The van der Waals surface area contributed by atoms with Gasteiger partial charge in [0.1, 0.15) is 5.60 Å². The summed E-state index contributed by atoms with van der Waals surface area (Å²) in [6.45, 7) is 8.41. The summed E-state index contributed by atoms with van der Waals surface area (Å²) in [5.74, 6) is 8.26. The van der Waals surface area contributed by atoms with E-state index in [0.717, 1.165) is 38.0 Å². The second-order valence-electron chi connectivity index (χ2n) is 10.5. The van der Waals surface area contributed by atoms with Gasteiger partial charge in [-0.3, -0.25) is 0 Å². The predicted molar refractivity (Wildman–Crippen MR) is 117 cm³/mol. The first-order valence-corrected chi connectivity index (χ1v) is 11.5. The molecule has 4 unspecified atom stereocenters. The Kier molecular flexibility index (Phi) is 6.78. The Morgan fingerprint density at radius 1 is 1.18 bits per heavy atom. The molecule has 2 heteroatoms. The number of aliphatic hydroxyl groups excluding tert-OH is 1. The molecule has 0 aromatic rings. The molecule has 0 saturated heterocycles. The molecule has 0 amide bonds. The minimum atomic E-state index is -0.886. The zero-order valence-electron chi connectivity index (χ0n) is 18.4. The van der Waals surface area contributed by atoms with Crippen LogP contribution in [-0.2, 0) is 0 Å². The first-order chi connectivity index (χ1) is 13.2. The van der Waals surface area contributed by atoms with Crippen molar-refractivity contribution in [3.63, 3.8) is 0 Å². The summed E-state index contributed by atoms with van der Waals surface area (Å²) >= 11 is 0. The minimum absolute atomic E-state index is 0.128. The van der Waals surface area contributed by atoms with Gasteiger partial charge in [0.25, 0.3) is 0 Å². The lowest BCUT2D eigenvalue weighted by atomic mass is 9.61. The molecule has 0 aromatic heterocycles. The molecule has 0 aromatic carbocycles. The number of rotatable bonds is 3. The summed E-state index contributed by atoms with van der Waals surface area (Å²) in [7, 11) is 0. The van der Waals surface area contributed by atoms with Crippen LogP contribution >= 0.6 is 0 Å². The highest BCUT2D eigenvalue weighted by Crippen LogP contribution is 2.59. The Hall–Kier alpha value is -1.04. The van der Waals surface area contributed by atoms with Crippen LogP contribution in [0.3, 0.4) is 0 Å². The van der Waals surface area contributed by atoms with Crippen LogP contribution in [0.15, 0.2) is 23.3 Å². The molecule has 2 nitrogen and oxygen atoms in total. The summed E-state index contributed by atoms with van der Waals surface area (Å²) in [4.78, 5) is 0. The molecule has 5 atom stereocenters. The van der Waals surface area contributed by atoms with E-state index in [4.69, 9.17) is 0 Å². The summed E-state index contributed by atoms with van der Waals surface area (Å²) in [6.07, 6.45) is 16.1. The van der Waals surface area contributed by atoms with E-state index in [2.05, 4.69) is 37.8 Å². The molecule has 0 aliphatic heterocycles. The van der Waals surface area contributed by atoms with E-state index < -0.39 is 5.60 Å². The van der Waals surface area contributed by atoms with Crippen LogP contribution in [-0.4, -0.2) is 21.9 Å². The summed E-state index contributed by atoms with van der Waals surface area (Å²) in [6, 6.07) is 0. The van der Waals surface area contributed by atoms with Gasteiger partial charge in [-0.25, -0.2) is 0 Å². The molecule has 3 aliphatic rings. The van der Waals surface area contributed by atoms with Gasteiger partial charge in [0.05, 0.1) is 6.10 Å². The molecule has 3 rings (SSSR count). The van der Waals surface area contributed by atoms with Crippen LogP contribution in [0.4, 0.5) is 0 Å². The minimum Gasteiger partial charge on any atom is -0.393 e. The quantitative estimate of drug-likeness (QED) is 0.605. The Morgan fingerprint density at radius 3 is 2.68 bits per heavy atom. The zero-order valence-corrected chi connectivity index (χ0v) is 18.4. The highest BCUT2D eigenvalue weighted by molar-refractivity contribution is 5.26. The highest BCUT2D eigenvalue weighted by atomic mass is 16.3. The van der Waals surface area contributed by atoms with Crippen molar-refractivity contribution in [2.24, 2.45) is 23.2 Å². The Morgan fingerprint density at radius 2 is 1.96 bits per heavy atom. The molecular weight excluding hydrogens is 344 g/mol. The number of fused-ring (bicyclic) bond motifs is 1. The maximum absolute atomic E-state index is 9.94. The summed E-state index contributed by atoms with van der Waals surface area (Å²) in [5, 5.41) is 19.8. The van der Waals surface area contributed by atoms with E-state index in [1.54, 1.807) is 19.4 Å². The van der Waals surface area contributed by atoms with Gasteiger partial charge in [0.2, 0.25) is 0 Å². The monoisotopic (exact) mass is 384 g/mol. The molecule has 3 aliphatic carbocycles. The summed E-state index contributed by atoms with van der Waals surface area (Å²) < 4.78 is 0. The smallest absolute Gasteiger partial charge is 0.119 e. The van der Waals surface area contributed by atoms with Crippen LogP contribution in [0.2, 0.25) is 0 Å². The number of aliphatic hydroxyl groups is 2. The van der Waals surface area contributed by atoms with Crippen molar-refractivity contribution in [2.45, 2.75) is 104 Å². The van der Waals surface area contributed by atoms with Crippen LogP contribution in [0.5, 0.6) is 0 Å². The second-order valence-corrected chi connectivity index (χ2v) is 10.5. The van der Waals surface area contributed by atoms with Gasteiger partial charge >= 0.3 is 0 Å². The number of allylic oxidation sites excluding steroid dienone is 3. The van der Waals surface area contributed by atoms with Gasteiger partial charge in [-0.1, -0.05) is 43.1 Å². The average molecular weight is 385 g/mol. The van der Waals surface area contributed by atoms with Crippen molar-refractivity contribution in [2.75, 3.05) is 0 Å². The highest BCUT2D eigenvalue weighted by Gasteiger charge is 2.50. The molecule has 3 fully saturated rings. The lowest BCUT2D eigenvalue weighted by Gasteiger charge is -2.44. The number of hydrogen-bond donors (Lipinski definition) is 2. The van der Waals surface area contributed by atoms with Gasteiger partial charge < -0.3 is 10.2 Å². The first kappa shape index (κ1) is 21.7. The van der Waals surface area contributed by atoms with Gasteiger partial charge in [-0.15, -0.1) is 5.92 Å². The molecule has 3 saturated carbocycles. The molecule has 0 spiro atoms. The third kappa shape index (κ3) is 5.11. The SMILES string of the molecule is C[C@H](CC#CC(C)(C)O)C1CCC2/C(=C/C=C3/CCCC(O)C3)CCCC21C. The van der Waals surface area contributed by atoms with E-state index in [-0.39, 0.29) is 6.10 Å². The molecule has 28 heavy (non-hydrogen) atoms. The average Bonchev–Trinajstić information content (AvgIpc) is 2.96. The van der Waals surface area contributed by atoms with Crippen molar-refractivity contribution >= 4 is 0 Å². The Labute approximate surface area is 172 Å². The van der Waals surface area contributed by atoms with Gasteiger partial charge in [-0.05, 0) is 94.8 Å². The van der Waals surface area contributed by atoms with E-state index >= 15 is 0 Å². The van der Waals surface area contributed by atoms with Crippen molar-refractivity contribution in [3.8, 4) is 11.8 Å². The lowest BCUT2D eigenvalue weighted by Crippen LogP contribution is -2.35. The standard InChI is InChI=1S/C26H40O2/c1-19(8-6-16-25(2,3)28)23-14-15-24-21(10-7-17-26(23,24)4)13-12-20-9-5-11-22(27)18-20/h12-13,19,22-24,27-28H,5,7-11,14-15,17-18H2,1-4H3/b20-12-,21-13+/t19-,22?,23?,24?,26?/m1/s1. The fraction of sp³-hybridized carbons (Fsp3) is 0.769. The maximum atomic E-state index is 9.94. The van der Waals surface area contributed by atoms with Crippen LogP contribution in [0, 0.1) is 35.0 Å². The zero-order chi connectivity index (χ0) is 20.4. The van der Waals surface area contributed by atoms with E-state index in [9.17, 15) is 10.2 Å². The second kappa shape index (κ2) is 8.76. The van der Waals surface area contributed by atoms with Crippen molar-refractivity contribution in [1.29, 1.82) is 0 Å². The van der Waals surface area contributed by atoms with Crippen LogP contribution in [0.1, 0.15) is 91.9 Å². The lowest BCUT2D eigenvalue weighted by molar-refractivity contribution is 0.0990. The predicted octanol–water partition coefficient (Wildman–Crippen LogP) is 5.79. The third-order valence-electron chi connectivity index (χ3n) is 7.61. The summed E-state index contributed by atoms with van der Waals surface area (Å²) in [5.41, 5.74) is 2.59. The normalized spacial score (nSPS) is 37.4. The molecule has 0 heterocycles. The van der Waals surface area contributed by atoms with Crippen LogP contribution < -0.4 is 0 Å². The molecule has 0 bridgehead atoms. The maximum Gasteiger partial charge on any atom is 0.119 e. The van der Waals surface area contributed by atoms with Crippen LogP contribution in [0.25, 0.3) is 0 Å². The van der Waals surface area contributed by atoms with Crippen molar-refractivity contribution < 1.29 is 10.2 Å².